The Bertz CT molecular complexity index is 962. The summed E-state index contributed by atoms with van der Waals surface area (Å²) < 4.78 is 1.26. The summed E-state index contributed by atoms with van der Waals surface area (Å²) in [4.78, 5) is 28.3. The molecular weight excluding hydrogens is 330 g/mol. The second-order valence-electron chi connectivity index (χ2n) is 5.57. The molecule has 1 heterocycles. The molecule has 5 rings (SSSR count). The number of rotatable bonds is 0. The minimum Gasteiger partial charge on any atom is -0.289 e. The molecular formula is C21H13NO2S. The lowest BCUT2D eigenvalue weighted by atomic mass is 9.84. The van der Waals surface area contributed by atoms with E-state index in [4.69, 9.17) is 0 Å². The maximum absolute atomic E-state index is 12.1. The highest BCUT2D eigenvalue weighted by Gasteiger charge is 2.28. The van der Waals surface area contributed by atoms with Crippen molar-refractivity contribution in [2.45, 2.75) is 0 Å². The van der Waals surface area contributed by atoms with Crippen molar-refractivity contribution < 1.29 is 9.59 Å². The van der Waals surface area contributed by atoms with Crippen molar-refractivity contribution in [2.75, 3.05) is 0 Å². The molecule has 1 aromatic heterocycles. The van der Waals surface area contributed by atoms with E-state index in [1.165, 1.54) is 4.70 Å². The summed E-state index contributed by atoms with van der Waals surface area (Å²) >= 11 is 1.68. The van der Waals surface area contributed by atoms with Crippen molar-refractivity contribution in [1.82, 2.24) is 4.98 Å². The van der Waals surface area contributed by atoms with Crippen LogP contribution in [0, 0.1) is 0 Å². The van der Waals surface area contributed by atoms with Gasteiger partial charge in [-0.25, -0.2) is 4.98 Å². The number of nitrogens with zero attached hydrogens (tertiary/aromatic N) is 1. The molecule has 1 aliphatic carbocycles. The van der Waals surface area contributed by atoms with Gasteiger partial charge in [-0.1, -0.05) is 60.7 Å². The first-order valence-corrected chi connectivity index (χ1v) is 8.69. The zero-order chi connectivity index (χ0) is 17.2. The molecule has 0 saturated carbocycles. The number of carbonyl (C=O) groups is 2. The zero-order valence-corrected chi connectivity index (χ0v) is 14.0. The van der Waals surface area contributed by atoms with Gasteiger partial charge >= 0.3 is 0 Å². The van der Waals surface area contributed by atoms with Crippen LogP contribution in [0.1, 0.15) is 31.8 Å². The van der Waals surface area contributed by atoms with Crippen molar-refractivity contribution >= 4 is 33.1 Å². The summed E-state index contributed by atoms with van der Waals surface area (Å²) in [6.45, 7) is 0. The van der Waals surface area contributed by atoms with Gasteiger partial charge in [0.05, 0.1) is 15.7 Å². The average Bonchev–Trinajstić information content (AvgIpc) is 3.15. The Morgan fingerprint density at radius 1 is 0.600 bits per heavy atom. The summed E-state index contributed by atoms with van der Waals surface area (Å²) in [5, 5.41) is 0. The Morgan fingerprint density at radius 3 is 1.52 bits per heavy atom. The van der Waals surface area contributed by atoms with Crippen LogP contribution < -0.4 is 0 Å². The molecule has 0 unspecified atom stereocenters. The first-order chi connectivity index (χ1) is 12.3. The minimum absolute atomic E-state index is 0.0641. The highest BCUT2D eigenvalue weighted by molar-refractivity contribution is 7.16. The number of hydrogen-bond acceptors (Lipinski definition) is 4. The fraction of sp³-hybridized carbons (Fsp3) is 0. The summed E-state index contributed by atoms with van der Waals surface area (Å²) in [7, 11) is 0. The number of para-hydroxylation sites is 1. The molecule has 0 N–H and O–H groups in total. The van der Waals surface area contributed by atoms with Crippen LogP contribution in [-0.2, 0) is 0 Å². The van der Waals surface area contributed by atoms with Gasteiger partial charge in [0.25, 0.3) is 0 Å². The smallest absolute Gasteiger partial charge is 0.194 e. The molecule has 0 fully saturated rings. The highest BCUT2D eigenvalue weighted by Crippen LogP contribution is 2.26. The second kappa shape index (κ2) is 6.42. The van der Waals surface area contributed by atoms with Gasteiger partial charge in [-0.15, -0.1) is 11.3 Å². The van der Waals surface area contributed by atoms with Gasteiger partial charge in [0.15, 0.2) is 11.6 Å². The van der Waals surface area contributed by atoms with Crippen LogP contribution in [0.25, 0.3) is 10.2 Å². The molecule has 4 aromatic rings. The molecule has 0 saturated heterocycles. The summed E-state index contributed by atoms with van der Waals surface area (Å²) in [5.41, 5.74) is 4.99. The maximum atomic E-state index is 12.1. The molecule has 25 heavy (non-hydrogen) atoms. The first kappa shape index (κ1) is 15.4. The lowest BCUT2D eigenvalue weighted by molar-refractivity contribution is 0.0979. The van der Waals surface area contributed by atoms with E-state index in [0.29, 0.717) is 22.3 Å². The Hall–Kier alpha value is -3.11. The van der Waals surface area contributed by atoms with E-state index in [1.54, 1.807) is 59.9 Å². The molecule has 0 atom stereocenters. The van der Waals surface area contributed by atoms with Gasteiger partial charge in [0.2, 0.25) is 0 Å². The fourth-order valence-corrected chi connectivity index (χ4v) is 3.53. The minimum atomic E-state index is -0.0641. The molecule has 4 heteroatoms. The van der Waals surface area contributed by atoms with Crippen LogP contribution in [0.3, 0.4) is 0 Å². The molecule has 120 valence electrons. The Kier molecular flexibility index (Phi) is 3.96. The van der Waals surface area contributed by atoms with Gasteiger partial charge in [0, 0.05) is 22.3 Å². The predicted octanol–water partition coefficient (Wildman–Crippen LogP) is 4.76. The Morgan fingerprint density at radius 2 is 1.04 bits per heavy atom. The predicted molar refractivity (Wildman–Crippen MR) is 99.4 cm³/mol. The van der Waals surface area contributed by atoms with E-state index in [-0.39, 0.29) is 11.6 Å². The second-order valence-corrected chi connectivity index (χ2v) is 6.46. The number of ketones is 2. The van der Waals surface area contributed by atoms with E-state index in [9.17, 15) is 9.59 Å². The highest BCUT2D eigenvalue weighted by atomic mass is 32.1. The van der Waals surface area contributed by atoms with Gasteiger partial charge < -0.3 is 0 Å². The zero-order valence-electron chi connectivity index (χ0n) is 13.2. The maximum Gasteiger partial charge on any atom is 0.194 e. The number of hydrogen-bond donors (Lipinski definition) is 0. The molecule has 3 aromatic carbocycles. The Balaban J connectivity index is 0.000000147. The van der Waals surface area contributed by atoms with Gasteiger partial charge in [-0.05, 0) is 12.1 Å². The van der Waals surface area contributed by atoms with Crippen molar-refractivity contribution in [3.8, 4) is 0 Å². The summed E-state index contributed by atoms with van der Waals surface area (Å²) in [6, 6.07) is 22.0. The van der Waals surface area contributed by atoms with Gasteiger partial charge in [0.1, 0.15) is 0 Å². The number of fused-ring (bicyclic) bond motifs is 3. The topological polar surface area (TPSA) is 47.0 Å². The van der Waals surface area contributed by atoms with Crippen LogP contribution in [0.2, 0.25) is 0 Å². The lowest BCUT2D eigenvalue weighted by Crippen LogP contribution is -2.20. The third-order valence-corrected chi connectivity index (χ3v) is 4.88. The Labute approximate surface area is 148 Å². The number of benzene rings is 3. The van der Waals surface area contributed by atoms with Crippen LogP contribution in [0.5, 0.6) is 0 Å². The SMILES string of the molecule is O=C1c2ccccc2C(=O)c2ccccc21.c1ccc2scnc2c1. The van der Waals surface area contributed by atoms with Crippen LogP contribution in [-0.4, -0.2) is 16.6 Å². The van der Waals surface area contributed by atoms with E-state index in [0.717, 1.165) is 5.52 Å². The third kappa shape index (κ3) is 2.77. The monoisotopic (exact) mass is 343 g/mol. The number of thiazole rings is 1. The van der Waals surface area contributed by atoms with Crippen LogP contribution >= 0.6 is 11.3 Å². The molecule has 3 nitrogen and oxygen atoms in total. The standard InChI is InChI=1S/C14H8O2.C7H5NS/c15-13-9-5-1-2-6-10(9)14(16)12-8-4-3-7-11(12)13;1-2-4-7-6(3-1)8-5-9-7/h1-8H;1-5H. The summed E-state index contributed by atoms with van der Waals surface area (Å²) in [6.07, 6.45) is 0. The average molecular weight is 343 g/mol. The molecule has 0 aliphatic heterocycles. The fourth-order valence-electron chi connectivity index (χ4n) is 2.85. The van der Waals surface area contributed by atoms with Crippen molar-refractivity contribution in [1.29, 1.82) is 0 Å². The largest absolute Gasteiger partial charge is 0.289 e. The van der Waals surface area contributed by atoms with Crippen molar-refractivity contribution in [3.05, 3.63) is 101 Å². The van der Waals surface area contributed by atoms with E-state index < -0.39 is 0 Å². The van der Waals surface area contributed by atoms with E-state index >= 15 is 0 Å². The third-order valence-electron chi connectivity index (χ3n) is 4.07. The molecule has 0 bridgehead atoms. The summed E-state index contributed by atoms with van der Waals surface area (Å²) in [5.74, 6) is -0.128. The number of carbonyl (C=O) groups excluding carboxylic acids is 2. The molecule has 1 aliphatic rings. The van der Waals surface area contributed by atoms with Crippen molar-refractivity contribution in [2.24, 2.45) is 0 Å². The van der Waals surface area contributed by atoms with Crippen molar-refractivity contribution in [3.63, 3.8) is 0 Å². The van der Waals surface area contributed by atoms with Gasteiger partial charge in [-0.2, -0.15) is 0 Å². The lowest BCUT2D eigenvalue weighted by Gasteiger charge is -2.16. The molecule has 0 radical (unpaired) electrons. The molecule has 0 amide bonds. The van der Waals surface area contributed by atoms with Crippen LogP contribution in [0.4, 0.5) is 0 Å². The van der Waals surface area contributed by atoms with E-state index in [2.05, 4.69) is 11.1 Å². The number of aromatic nitrogens is 1. The normalized spacial score (nSPS) is 12.2. The van der Waals surface area contributed by atoms with Gasteiger partial charge in [-0.3, -0.25) is 9.59 Å². The quantitative estimate of drug-likeness (QED) is 0.407. The molecule has 0 spiro atoms. The van der Waals surface area contributed by atoms with E-state index in [1.807, 2.05) is 23.7 Å². The van der Waals surface area contributed by atoms with Crippen LogP contribution in [0.15, 0.2) is 78.3 Å². The first-order valence-electron chi connectivity index (χ1n) is 7.81.